The number of hydrogen-bond donors (Lipinski definition) is 1. The lowest BCUT2D eigenvalue weighted by molar-refractivity contribution is -0.135. The lowest BCUT2D eigenvalue weighted by Gasteiger charge is -2.20. The standard InChI is InChI=1S/C24H23N3O4/c1-16-5-7-18(8-6-16)21-14-22(23-4-3-13-30-23)27(26-21)24(29)15-31-20-11-9-19(10-12-20)25-17(2)28/h3-13,22H,14-15H2,1-2H3,(H,25,28)/t22-/m1/s1. The van der Waals surface area contributed by atoms with Gasteiger partial charge in [0.05, 0.1) is 12.0 Å². The fourth-order valence-electron chi connectivity index (χ4n) is 3.41. The highest BCUT2D eigenvalue weighted by atomic mass is 16.5. The molecule has 0 bridgehead atoms. The first-order valence-electron chi connectivity index (χ1n) is 10.00. The van der Waals surface area contributed by atoms with Crippen molar-refractivity contribution < 1.29 is 18.7 Å². The van der Waals surface area contributed by atoms with Crippen LogP contribution in [0.15, 0.2) is 76.4 Å². The maximum absolute atomic E-state index is 13.0. The average Bonchev–Trinajstić information content (AvgIpc) is 3.43. The highest BCUT2D eigenvalue weighted by molar-refractivity contribution is 6.03. The number of furan rings is 1. The van der Waals surface area contributed by atoms with E-state index in [9.17, 15) is 9.59 Å². The summed E-state index contributed by atoms with van der Waals surface area (Å²) in [5.41, 5.74) is 3.63. The average molecular weight is 417 g/mol. The minimum Gasteiger partial charge on any atom is -0.484 e. The van der Waals surface area contributed by atoms with Gasteiger partial charge in [0.1, 0.15) is 17.6 Å². The number of ether oxygens (including phenoxy) is 1. The van der Waals surface area contributed by atoms with Gasteiger partial charge in [0.2, 0.25) is 5.91 Å². The van der Waals surface area contributed by atoms with E-state index in [0.29, 0.717) is 23.6 Å². The third kappa shape index (κ3) is 4.83. The molecule has 7 heteroatoms. The number of hydrazone groups is 1. The number of carbonyl (C=O) groups excluding carboxylic acids is 2. The van der Waals surface area contributed by atoms with Crippen LogP contribution in [0.25, 0.3) is 0 Å². The highest BCUT2D eigenvalue weighted by Gasteiger charge is 2.35. The molecule has 1 aliphatic heterocycles. The van der Waals surface area contributed by atoms with Crippen molar-refractivity contribution in [3.05, 3.63) is 83.8 Å². The zero-order chi connectivity index (χ0) is 21.8. The number of amides is 2. The fourth-order valence-corrected chi connectivity index (χ4v) is 3.41. The predicted octanol–water partition coefficient (Wildman–Crippen LogP) is 4.30. The number of nitrogens with zero attached hydrogens (tertiary/aromatic N) is 2. The lowest BCUT2D eigenvalue weighted by Crippen LogP contribution is -2.31. The lowest BCUT2D eigenvalue weighted by atomic mass is 10.0. The Labute approximate surface area is 180 Å². The van der Waals surface area contributed by atoms with Crippen LogP contribution in [0.4, 0.5) is 5.69 Å². The molecule has 3 aromatic rings. The normalized spacial score (nSPS) is 15.5. The van der Waals surface area contributed by atoms with Gasteiger partial charge < -0.3 is 14.5 Å². The van der Waals surface area contributed by atoms with E-state index in [0.717, 1.165) is 16.8 Å². The van der Waals surface area contributed by atoms with Crippen molar-refractivity contribution in [1.82, 2.24) is 5.01 Å². The van der Waals surface area contributed by atoms with Gasteiger partial charge in [0, 0.05) is 19.0 Å². The minimum absolute atomic E-state index is 0.149. The van der Waals surface area contributed by atoms with E-state index in [1.165, 1.54) is 11.9 Å². The molecule has 2 heterocycles. The molecule has 2 aromatic carbocycles. The molecule has 1 atom stereocenters. The number of anilines is 1. The molecule has 0 fully saturated rings. The van der Waals surface area contributed by atoms with Crippen molar-refractivity contribution in [3.8, 4) is 5.75 Å². The minimum atomic E-state index is -0.315. The first-order valence-corrected chi connectivity index (χ1v) is 10.00. The smallest absolute Gasteiger partial charge is 0.281 e. The maximum atomic E-state index is 13.0. The Balaban J connectivity index is 1.48. The number of carbonyl (C=O) groups is 2. The second-order valence-electron chi connectivity index (χ2n) is 7.38. The molecule has 31 heavy (non-hydrogen) atoms. The molecule has 1 aliphatic rings. The first-order chi connectivity index (χ1) is 15.0. The second kappa shape index (κ2) is 8.87. The Hall–Kier alpha value is -3.87. The summed E-state index contributed by atoms with van der Waals surface area (Å²) in [6.07, 6.45) is 2.16. The van der Waals surface area contributed by atoms with Gasteiger partial charge in [0.15, 0.2) is 6.61 Å². The summed E-state index contributed by atoms with van der Waals surface area (Å²) in [6.45, 7) is 3.31. The molecule has 4 rings (SSSR count). The van der Waals surface area contributed by atoms with E-state index >= 15 is 0 Å². The number of benzene rings is 2. The van der Waals surface area contributed by atoms with Crippen molar-refractivity contribution in [2.75, 3.05) is 11.9 Å². The molecular formula is C24H23N3O4. The topological polar surface area (TPSA) is 84.1 Å². The summed E-state index contributed by atoms with van der Waals surface area (Å²) in [5, 5.41) is 8.73. The molecule has 1 aromatic heterocycles. The molecule has 0 saturated carbocycles. The number of rotatable bonds is 6. The van der Waals surface area contributed by atoms with Crippen LogP contribution in [0.2, 0.25) is 0 Å². The Morgan fingerprint density at radius 3 is 2.52 bits per heavy atom. The Morgan fingerprint density at radius 2 is 1.87 bits per heavy atom. The van der Waals surface area contributed by atoms with E-state index in [1.54, 1.807) is 36.6 Å². The number of aryl methyl sites for hydroxylation is 1. The summed E-state index contributed by atoms with van der Waals surface area (Å²) >= 11 is 0. The molecule has 158 valence electrons. The zero-order valence-electron chi connectivity index (χ0n) is 17.4. The predicted molar refractivity (Wildman–Crippen MR) is 117 cm³/mol. The quantitative estimate of drug-likeness (QED) is 0.648. The van der Waals surface area contributed by atoms with Gasteiger partial charge in [-0.15, -0.1) is 0 Å². The fraction of sp³-hybridized carbons (Fsp3) is 0.208. The van der Waals surface area contributed by atoms with Gasteiger partial charge >= 0.3 is 0 Å². The van der Waals surface area contributed by atoms with E-state index < -0.39 is 0 Å². The van der Waals surface area contributed by atoms with Crippen molar-refractivity contribution in [2.45, 2.75) is 26.3 Å². The van der Waals surface area contributed by atoms with Crippen LogP contribution < -0.4 is 10.1 Å². The molecule has 2 amide bonds. The van der Waals surface area contributed by atoms with Crippen LogP contribution in [0.3, 0.4) is 0 Å². The molecule has 0 spiro atoms. The summed E-state index contributed by atoms with van der Waals surface area (Å²) in [7, 11) is 0. The SMILES string of the molecule is CC(=O)Nc1ccc(OCC(=O)N2N=C(c3ccc(C)cc3)C[C@@H]2c2ccco2)cc1. The Kier molecular flexibility index (Phi) is 5.84. The number of hydrogen-bond acceptors (Lipinski definition) is 5. The van der Waals surface area contributed by atoms with E-state index in [2.05, 4.69) is 10.4 Å². The maximum Gasteiger partial charge on any atom is 0.281 e. The van der Waals surface area contributed by atoms with Crippen LogP contribution in [-0.2, 0) is 9.59 Å². The van der Waals surface area contributed by atoms with Crippen LogP contribution in [-0.4, -0.2) is 29.1 Å². The zero-order valence-corrected chi connectivity index (χ0v) is 17.4. The monoisotopic (exact) mass is 417 g/mol. The van der Waals surface area contributed by atoms with Crippen LogP contribution >= 0.6 is 0 Å². The summed E-state index contributed by atoms with van der Waals surface area (Å²) in [4.78, 5) is 24.1. The molecule has 7 nitrogen and oxygen atoms in total. The molecule has 0 unspecified atom stereocenters. The third-order valence-electron chi connectivity index (χ3n) is 4.96. The molecule has 0 saturated heterocycles. The molecule has 1 N–H and O–H groups in total. The van der Waals surface area contributed by atoms with E-state index in [4.69, 9.17) is 9.15 Å². The van der Waals surface area contributed by atoms with Crippen molar-refractivity contribution >= 4 is 23.2 Å². The molecule has 0 aliphatic carbocycles. The van der Waals surface area contributed by atoms with Crippen LogP contribution in [0, 0.1) is 6.92 Å². The van der Waals surface area contributed by atoms with Crippen LogP contribution in [0.5, 0.6) is 5.75 Å². The second-order valence-corrected chi connectivity index (χ2v) is 7.38. The van der Waals surface area contributed by atoms with Gasteiger partial charge in [0.25, 0.3) is 5.91 Å². The highest BCUT2D eigenvalue weighted by Crippen LogP contribution is 2.33. The Bertz CT molecular complexity index is 1090. The van der Waals surface area contributed by atoms with E-state index in [-0.39, 0.29) is 24.5 Å². The van der Waals surface area contributed by atoms with Crippen molar-refractivity contribution in [2.24, 2.45) is 5.10 Å². The van der Waals surface area contributed by atoms with Gasteiger partial charge in [-0.3, -0.25) is 9.59 Å². The third-order valence-corrected chi connectivity index (χ3v) is 4.96. The van der Waals surface area contributed by atoms with Gasteiger partial charge in [-0.2, -0.15) is 5.10 Å². The van der Waals surface area contributed by atoms with Gasteiger partial charge in [-0.05, 0) is 48.9 Å². The largest absolute Gasteiger partial charge is 0.484 e. The first kappa shape index (κ1) is 20.4. The van der Waals surface area contributed by atoms with Crippen LogP contribution in [0.1, 0.15) is 36.3 Å². The summed E-state index contributed by atoms with van der Waals surface area (Å²) in [5.74, 6) is 0.788. The molecular weight excluding hydrogens is 394 g/mol. The number of nitrogens with one attached hydrogen (secondary N) is 1. The summed E-state index contributed by atoms with van der Waals surface area (Å²) in [6, 6.07) is 18.2. The Morgan fingerprint density at radius 1 is 1.13 bits per heavy atom. The molecule has 0 radical (unpaired) electrons. The van der Waals surface area contributed by atoms with Crippen molar-refractivity contribution in [1.29, 1.82) is 0 Å². The summed E-state index contributed by atoms with van der Waals surface area (Å²) < 4.78 is 11.2. The van der Waals surface area contributed by atoms with Crippen molar-refractivity contribution in [3.63, 3.8) is 0 Å². The van der Waals surface area contributed by atoms with Gasteiger partial charge in [-0.1, -0.05) is 29.8 Å². The van der Waals surface area contributed by atoms with Gasteiger partial charge in [-0.25, -0.2) is 5.01 Å². The van der Waals surface area contributed by atoms with E-state index in [1.807, 2.05) is 37.3 Å².